The molecule has 36 heavy (non-hydrogen) atoms. The number of alkyl halides is 3. The maximum Gasteiger partial charge on any atom is 0.257 e. The van der Waals surface area contributed by atoms with Crippen LogP contribution in [0.5, 0.6) is 0 Å². The lowest BCUT2D eigenvalue weighted by atomic mass is 9.82. The van der Waals surface area contributed by atoms with Crippen LogP contribution in [-0.4, -0.2) is 64.5 Å². The Bertz CT molecular complexity index is 938. The van der Waals surface area contributed by atoms with Crippen molar-refractivity contribution < 1.29 is 37.0 Å². The smallest absolute Gasteiger partial charge is 0.257 e. The van der Waals surface area contributed by atoms with Crippen molar-refractivity contribution in [1.29, 1.82) is 0 Å². The highest BCUT2D eigenvalue weighted by molar-refractivity contribution is 7.99. The Morgan fingerprint density at radius 3 is 2.25 bits per heavy atom. The fourth-order valence-electron chi connectivity index (χ4n) is 3.54. The Morgan fingerprint density at radius 2 is 1.81 bits per heavy atom. The van der Waals surface area contributed by atoms with Crippen LogP contribution in [0.2, 0.25) is 0 Å². The number of aldehydes is 1. The van der Waals surface area contributed by atoms with Gasteiger partial charge < -0.3 is 15.0 Å². The van der Waals surface area contributed by atoms with E-state index in [2.05, 4.69) is 0 Å². The molecule has 3 rings (SSSR count). The van der Waals surface area contributed by atoms with Crippen molar-refractivity contribution in [3.8, 4) is 11.1 Å². The minimum absolute atomic E-state index is 0.275. The summed E-state index contributed by atoms with van der Waals surface area (Å²) >= 11 is 1.50. The van der Waals surface area contributed by atoms with Gasteiger partial charge in [0.15, 0.2) is 13.1 Å². The van der Waals surface area contributed by atoms with Gasteiger partial charge in [0.1, 0.15) is 17.2 Å². The average Bonchev–Trinajstić information content (AvgIpc) is 2.78. The average molecular weight is 536 g/mol. The van der Waals surface area contributed by atoms with Crippen LogP contribution in [0.15, 0.2) is 42.5 Å². The normalized spacial score (nSPS) is 15.1. The summed E-state index contributed by atoms with van der Waals surface area (Å²) in [6.07, 6.45) is 3.25. The van der Waals surface area contributed by atoms with Crippen LogP contribution in [0, 0.1) is 11.6 Å². The molecule has 1 aliphatic carbocycles. The van der Waals surface area contributed by atoms with Crippen LogP contribution in [0.25, 0.3) is 11.1 Å². The first-order valence-electron chi connectivity index (χ1n) is 11.5. The van der Waals surface area contributed by atoms with Crippen LogP contribution in [0.3, 0.4) is 0 Å². The van der Waals surface area contributed by atoms with Gasteiger partial charge in [-0.1, -0.05) is 37.3 Å². The Hall–Kier alpha value is -2.01. The molecule has 0 aromatic heterocycles. The number of likely N-dealkylation sites (N-methyl/N-ethyl adjacent to an activating group) is 1. The molecule has 1 atom stereocenters. The number of aliphatic hydroxyl groups excluding tert-OH is 1. The van der Waals surface area contributed by atoms with Crippen molar-refractivity contribution in [1.82, 2.24) is 4.90 Å². The molecule has 2 N–H and O–H groups in total. The third-order valence-corrected chi connectivity index (χ3v) is 6.67. The zero-order valence-electron chi connectivity index (χ0n) is 20.7. The number of hydrogen-bond acceptors (Lipinski definition) is 5. The number of nitrogens with zero attached hydrogens (tertiary/aromatic N) is 1. The molecule has 10 heteroatoms. The highest BCUT2D eigenvalue weighted by Gasteiger charge is 2.33. The lowest BCUT2D eigenvalue weighted by Crippen LogP contribution is -2.39. The molecule has 0 spiro atoms. The van der Waals surface area contributed by atoms with Gasteiger partial charge in [-0.25, -0.2) is 22.0 Å². The molecule has 4 nitrogen and oxygen atoms in total. The molecule has 0 saturated heterocycles. The van der Waals surface area contributed by atoms with Crippen molar-refractivity contribution in [2.24, 2.45) is 0 Å². The lowest BCUT2D eigenvalue weighted by Gasteiger charge is -2.30. The minimum atomic E-state index is -2.82. The van der Waals surface area contributed by atoms with Crippen molar-refractivity contribution in [2.75, 3.05) is 26.2 Å². The fourth-order valence-corrected chi connectivity index (χ4v) is 4.55. The number of carbonyl (C=O) groups is 1. The van der Waals surface area contributed by atoms with Crippen molar-refractivity contribution >= 4 is 18.0 Å². The Morgan fingerprint density at radius 1 is 1.19 bits per heavy atom. The highest BCUT2D eigenvalue weighted by Crippen LogP contribution is 2.30. The number of rotatable bonds is 9. The number of halogens is 5. The minimum Gasteiger partial charge on any atom is -0.382 e. The predicted molar refractivity (Wildman–Crippen MR) is 134 cm³/mol. The first kappa shape index (κ1) is 32.0. The molecular weight excluding hydrogens is 501 g/mol. The van der Waals surface area contributed by atoms with Gasteiger partial charge in [-0.3, -0.25) is 4.90 Å². The number of aliphatic hydroxyl groups is 2. The van der Waals surface area contributed by atoms with Gasteiger partial charge in [0.25, 0.3) is 5.92 Å². The van der Waals surface area contributed by atoms with E-state index in [1.54, 1.807) is 36.2 Å². The quantitative estimate of drug-likeness (QED) is 0.240. The van der Waals surface area contributed by atoms with Gasteiger partial charge in [0, 0.05) is 18.9 Å². The molecular formula is C26H34F5NO3S. The molecule has 2 aromatic rings. The summed E-state index contributed by atoms with van der Waals surface area (Å²) in [4.78, 5) is 11.4. The zero-order chi connectivity index (χ0) is 27.4. The van der Waals surface area contributed by atoms with E-state index >= 15 is 0 Å². The van der Waals surface area contributed by atoms with Gasteiger partial charge in [0.2, 0.25) is 0 Å². The van der Waals surface area contributed by atoms with Crippen LogP contribution in [0.1, 0.15) is 38.7 Å². The first-order chi connectivity index (χ1) is 16.9. The monoisotopic (exact) mass is 535 g/mol. The van der Waals surface area contributed by atoms with E-state index in [0.29, 0.717) is 42.2 Å². The maximum absolute atomic E-state index is 15.0. The van der Waals surface area contributed by atoms with E-state index in [1.165, 1.54) is 30.0 Å². The largest absolute Gasteiger partial charge is 0.382 e. The first-order valence-corrected chi connectivity index (χ1v) is 12.5. The van der Waals surface area contributed by atoms with Crippen LogP contribution in [-0.2, 0) is 11.2 Å². The summed E-state index contributed by atoms with van der Waals surface area (Å²) < 4.78 is 65.0. The Kier molecular flexibility index (Phi) is 13.6. The number of hydrogen-bond donors (Lipinski definition) is 2. The van der Waals surface area contributed by atoms with E-state index in [4.69, 9.17) is 10.2 Å². The maximum atomic E-state index is 15.0. The van der Waals surface area contributed by atoms with E-state index in [1.807, 2.05) is 6.92 Å². The van der Waals surface area contributed by atoms with Crippen molar-refractivity contribution in [2.45, 2.75) is 56.4 Å². The molecule has 0 heterocycles. The lowest BCUT2D eigenvalue weighted by molar-refractivity contribution is -0.131. The molecule has 0 radical (unpaired) electrons. The van der Waals surface area contributed by atoms with E-state index in [-0.39, 0.29) is 5.37 Å². The standard InChI is InChI=1S/C20H23F4NS.C5H8O2.CH3FO/c1-4-26-18(25(3)13-20(2,23)24)12-15-8-6-10-17(19(15)22)14-7-5-9-16(21)11-14;6-4-5(7)2-1-3-5;2-1-3/h5-11,18H,4,12-13H2,1-3H3;4,7H,1-3H2;3H,1H2. The summed E-state index contributed by atoms with van der Waals surface area (Å²) in [6.45, 7) is 1.17. The third-order valence-electron chi connectivity index (χ3n) is 5.43. The topological polar surface area (TPSA) is 60.8 Å². The second kappa shape index (κ2) is 15.3. The van der Waals surface area contributed by atoms with Crippen molar-refractivity contribution in [3.63, 3.8) is 0 Å². The van der Waals surface area contributed by atoms with Gasteiger partial charge >= 0.3 is 0 Å². The summed E-state index contributed by atoms with van der Waals surface area (Å²) in [6, 6.07) is 10.7. The van der Waals surface area contributed by atoms with Crippen molar-refractivity contribution in [3.05, 3.63) is 59.7 Å². The van der Waals surface area contributed by atoms with Crippen LogP contribution in [0.4, 0.5) is 22.0 Å². The van der Waals surface area contributed by atoms with Crippen LogP contribution >= 0.6 is 11.8 Å². The molecule has 1 unspecified atom stereocenters. The van der Waals surface area contributed by atoms with Gasteiger partial charge in [0.05, 0.1) is 11.9 Å². The Labute approximate surface area is 213 Å². The number of thioether (sulfide) groups is 1. The SMILES string of the molecule is CCSC(Cc1cccc(-c2cccc(F)c2)c1F)N(C)CC(C)(F)F.O=CC1(O)CCC1.OCF. The summed E-state index contributed by atoms with van der Waals surface area (Å²) in [5, 5.41) is 15.5. The van der Waals surface area contributed by atoms with Crippen LogP contribution < -0.4 is 0 Å². The third kappa shape index (κ3) is 10.9. The predicted octanol–water partition coefficient (Wildman–Crippen LogP) is 5.85. The molecule has 2 aromatic carbocycles. The number of carbonyl (C=O) groups excluding carboxylic acids is 1. The van der Waals surface area contributed by atoms with Gasteiger partial charge in [-0.05, 0) is 55.3 Å². The molecule has 1 fully saturated rings. The fraction of sp³-hybridized carbons (Fsp3) is 0.500. The molecule has 0 bridgehead atoms. The molecule has 0 aliphatic heterocycles. The summed E-state index contributed by atoms with van der Waals surface area (Å²) in [5.41, 5.74) is 0.284. The van der Waals surface area contributed by atoms with E-state index in [9.17, 15) is 26.7 Å². The molecule has 202 valence electrons. The second-order valence-corrected chi connectivity index (χ2v) is 10.0. The van der Waals surface area contributed by atoms with E-state index < -0.39 is 36.6 Å². The summed E-state index contributed by atoms with van der Waals surface area (Å²) in [7, 11) is 1.62. The molecule has 1 saturated carbocycles. The number of benzene rings is 2. The van der Waals surface area contributed by atoms with E-state index in [0.717, 1.165) is 19.1 Å². The highest BCUT2D eigenvalue weighted by atomic mass is 32.2. The second-order valence-electron chi connectivity index (χ2n) is 8.58. The Balaban J connectivity index is 0.000000540. The van der Waals surface area contributed by atoms with Gasteiger partial charge in [-0.15, -0.1) is 11.8 Å². The van der Waals surface area contributed by atoms with Gasteiger partial charge in [-0.2, -0.15) is 0 Å². The zero-order valence-corrected chi connectivity index (χ0v) is 21.5. The molecule has 0 amide bonds. The summed E-state index contributed by atoms with van der Waals surface area (Å²) in [5.74, 6) is -2.95. The molecule has 1 aliphatic rings.